The van der Waals surface area contributed by atoms with E-state index in [0.29, 0.717) is 17.2 Å². The number of esters is 1. The third-order valence-electron chi connectivity index (χ3n) is 1.27. The van der Waals surface area contributed by atoms with Crippen molar-refractivity contribution in [2.75, 3.05) is 6.61 Å². The van der Waals surface area contributed by atoms with Crippen LogP contribution in [-0.4, -0.2) is 17.6 Å². The lowest BCUT2D eigenvalue weighted by atomic mass is 10.3. The van der Waals surface area contributed by atoms with Gasteiger partial charge in [-0.05, 0) is 13.0 Å². The Kier molecular flexibility index (Phi) is 3.05. The summed E-state index contributed by atoms with van der Waals surface area (Å²) >= 11 is 5.69. The number of carbonyl (C=O) groups excluding carboxylic acids is 1. The number of hydrogen-bond donors (Lipinski definition) is 0. The largest absolute Gasteiger partial charge is 0.462 e. The van der Waals surface area contributed by atoms with Gasteiger partial charge in [0.05, 0.1) is 17.2 Å². The fourth-order valence-corrected chi connectivity index (χ4v) is 0.946. The van der Waals surface area contributed by atoms with Crippen molar-refractivity contribution < 1.29 is 9.53 Å². The summed E-state index contributed by atoms with van der Waals surface area (Å²) in [5.41, 5.74) is 0.355. The third kappa shape index (κ3) is 1.95. The summed E-state index contributed by atoms with van der Waals surface area (Å²) in [5, 5.41) is 0.316. The van der Waals surface area contributed by atoms with E-state index in [4.69, 9.17) is 16.3 Å². The molecule has 0 spiro atoms. The van der Waals surface area contributed by atoms with Gasteiger partial charge in [0.15, 0.2) is 0 Å². The van der Waals surface area contributed by atoms with Crippen LogP contribution in [0.25, 0.3) is 0 Å². The van der Waals surface area contributed by atoms with Gasteiger partial charge in [0, 0.05) is 12.4 Å². The molecule has 0 aliphatic carbocycles. The van der Waals surface area contributed by atoms with Gasteiger partial charge >= 0.3 is 5.97 Å². The summed E-state index contributed by atoms with van der Waals surface area (Å²) in [6.45, 7) is 2.09. The maximum absolute atomic E-state index is 11.1. The van der Waals surface area contributed by atoms with Gasteiger partial charge in [0.2, 0.25) is 0 Å². The molecule has 0 saturated carbocycles. The van der Waals surface area contributed by atoms with Crippen molar-refractivity contribution in [3.8, 4) is 0 Å². The van der Waals surface area contributed by atoms with Crippen molar-refractivity contribution in [3.63, 3.8) is 0 Å². The highest BCUT2D eigenvalue weighted by molar-refractivity contribution is 6.33. The van der Waals surface area contributed by atoms with Gasteiger partial charge in [-0.2, -0.15) is 0 Å². The molecule has 1 heterocycles. The number of rotatable bonds is 2. The molecule has 3 nitrogen and oxygen atoms in total. The molecular weight excluding hydrogens is 178 g/mol. The Hall–Kier alpha value is -1.09. The maximum Gasteiger partial charge on any atom is 0.339 e. The Labute approximate surface area is 75.3 Å². The van der Waals surface area contributed by atoms with Crippen molar-refractivity contribution >= 4 is 17.6 Å². The van der Waals surface area contributed by atoms with Gasteiger partial charge in [-0.1, -0.05) is 11.6 Å². The number of aromatic nitrogens is 1. The molecule has 0 unspecified atom stereocenters. The number of ether oxygens (including phenoxy) is 1. The van der Waals surface area contributed by atoms with E-state index in [1.54, 1.807) is 6.92 Å². The molecule has 0 aliphatic rings. The van der Waals surface area contributed by atoms with Crippen molar-refractivity contribution in [2.24, 2.45) is 0 Å². The van der Waals surface area contributed by atoms with Crippen LogP contribution < -0.4 is 0 Å². The number of carbonyl (C=O) groups is 1. The Bertz CT molecular complexity index is 288. The summed E-state index contributed by atoms with van der Waals surface area (Å²) in [6.07, 6.45) is 2.91. The van der Waals surface area contributed by atoms with E-state index in [0.717, 1.165) is 0 Å². The van der Waals surface area contributed by atoms with Gasteiger partial charge in [-0.3, -0.25) is 4.98 Å². The Balaban J connectivity index is 2.87. The first kappa shape index (κ1) is 9.00. The first-order valence-corrected chi connectivity index (χ1v) is 3.90. The SMILES string of the molecule is CCOC(=O)c1ccncc1Cl. The fourth-order valence-electron chi connectivity index (χ4n) is 0.750. The summed E-state index contributed by atoms with van der Waals surface area (Å²) in [7, 11) is 0. The van der Waals surface area contributed by atoms with E-state index < -0.39 is 5.97 Å². The normalized spacial score (nSPS) is 9.50. The number of halogens is 1. The average Bonchev–Trinajstić information content (AvgIpc) is 2.05. The van der Waals surface area contributed by atoms with E-state index in [2.05, 4.69) is 4.98 Å². The lowest BCUT2D eigenvalue weighted by Crippen LogP contribution is -2.05. The molecule has 64 valence electrons. The van der Waals surface area contributed by atoms with Gasteiger partial charge < -0.3 is 4.74 Å². The second kappa shape index (κ2) is 4.07. The van der Waals surface area contributed by atoms with Gasteiger partial charge in [-0.25, -0.2) is 4.79 Å². The molecular formula is C8H8ClNO2. The molecule has 0 saturated heterocycles. The van der Waals surface area contributed by atoms with Crippen LogP contribution in [0, 0.1) is 0 Å². The summed E-state index contributed by atoms with van der Waals surface area (Å²) in [6, 6.07) is 1.53. The molecule has 0 radical (unpaired) electrons. The molecule has 0 atom stereocenters. The van der Waals surface area contributed by atoms with Crippen LogP contribution in [0.2, 0.25) is 5.02 Å². The highest BCUT2D eigenvalue weighted by Gasteiger charge is 2.09. The topological polar surface area (TPSA) is 39.2 Å². The van der Waals surface area contributed by atoms with Crippen LogP contribution in [0.4, 0.5) is 0 Å². The zero-order valence-corrected chi connectivity index (χ0v) is 7.34. The zero-order valence-electron chi connectivity index (χ0n) is 6.58. The minimum Gasteiger partial charge on any atom is -0.462 e. The summed E-state index contributed by atoms with van der Waals surface area (Å²) in [5.74, 6) is -0.412. The minimum absolute atomic E-state index is 0.316. The minimum atomic E-state index is -0.412. The van der Waals surface area contributed by atoms with Crippen LogP contribution in [0.1, 0.15) is 17.3 Å². The molecule has 0 amide bonds. The third-order valence-corrected chi connectivity index (χ3v) is 1.57. The van der Waals surface area contributed by atoms with Crippen molar-refractivity contribution in [3.05, 3.63) is 29.0 Å². The number of hydrogen-bond acceptors (Lipinski definition) is 3. The second-order valence-corrected chi connectivity index (χ2v) is 2.48. The molecule has 0 fully saturated rings. The maximum atomic E-state index is 11.1. The van der Waals surface area contributed by atoms with Crippen LogP contribution in [-0.2, 0) is 4.74 Å². The van der Waals surface area contributed by atoms with Gasteiger partial charge in [0.1, 0.15) is 0 Å². The Morgan fingerprint density at radius 1 is 1.75 bits per heavy atom. The first-order valence-electron chi connectivity index (χ1n) is 3.52. The molecule has 1 rings (SSSR count). The second-order valence-electron chi connectivity index (χ2n) is 2.08. The monoisotopic (exact) mass is 185 g/mol. The average molecular weight is 186 g/mol. The van der Waals surface area contributed by atoms with Crippen LogP contribution >= 0.6 is 11.6 Å². The van der Waals surface area contributed by atoms with Crippen LogP contribution in [0.3, 0.4) is 0 Å². The molecule has 0 N–H and O–H groups in total. The van der Waals surface area contributed by atoms with Crippen LogP contribution in [0.5, 0.6) is 0 Å². The smallest absolute Gasteiger partial charge is 0.339 e. The number of nitrogens with zero attached hydrogens (tertiary/aromatic N) is 1. The van der Waals surface area contributed by atoms with Gasteiger partial charge in [-0.15, -0.1) is 0 Å². The molecule has 1 aromatic rings. The predicted octanol–water partition coefficient (Wildman–Crippen LogP) is 1.91. The Morgan fingerprint density at radius 2 is 2.50 bits per heavy atom. The van der Waals surface area contributed by atoms with Crippen molar-refractivity contribution in [1.82, 2.24) is 4.98 Å². The quantitative estimate of drug-likeness (QED) is 0.661. The van der Waals surface area contributed by atoms with Gasteiger partial charge in [0.25, 0.3) is 0 Å². The van der Waals surface area contributed by atoms with E-state index in [1.807, 2.05) is 0 Å². The molecule has 0 aliphatic heterocycles. The highest BCUT2D eigenvalue weighted by atomic mass is 35.5. The fraction of sp³-hybridized carbons (Fsp3) is 0.250. The lowest BCUT2D eigenvalue weighted by molar-refractivity contribution is 0.0526. The Morgan fingerprint density at radius 3 is 3.08 bits per heavy atom. The standard InChI is InChI=1S/C8H8ClNO2/c1-2-12-8(11)6-3-4-10-5-7(6)9/h3-5H,2H2,1H3. The van der Waals surface area contributed by atoms with Crippen molar-refractivity contribution in [1.29, 1.82) is 0 Å². The van der Waals surface area contributed by atoms with Crippen molar-refractivity contribution in [2.45, 2.75) is 6.92 Å². The molecule has 0 aromatic carbocycles. The summed E-state index contributed by atoms with van der Waals surface area (Å²) < 4.78 is 4.76. The predicted molar refractivity (Wildman–Crippen MR) is 45.2 cm³/mol. The number of pyridine rings is 1. The first-order chi connectivity index (χ1) is 5.75. The van der Waals surface area contributed by atoms with E-state index >= 15 is 0 Å². The highest BCUT2D eigenvalue weighted by Crippen LogP contribution is 2.13. The zero-order chi connectivity index (χ0) is 8.97. The van der Waals surface area contributed by atoms with E-state index in [1.165, 1.54) is 18.5 Å². The van der Waals surface area contributed by atoms with Crippen LogP contribution in [0.15, 0.2) is 18.5 Å². The molecule has 0 bridgehead atoms. The lowest BCUT2D eigenvalue weighted by Gasteiger charge is -2.01. The molecule has 1 aromatic heterocycles. The summed E-state index contributed by atoms with van der Waals surface area (Å²) in [4.78, 5) is 14.9. The van der Waals surface area contributed by atoms with E-state index in [9.17, 15) is 4.79 Å². The molecule has 12 heavy (non-hydrogen) atoms. The van der Waals surface area contributed by atoms with E-state index in [-0.39, 0.29) is 0 Å². The molecule has 4 heteroatoms.